The first-order valence-electron chi connectivity index (χ1n) is 6.18. The molecule has 0 radical (unpaired) electrons. The summed E-state index contributed by atoms with van der Waals surface area (Å²) in [4.78, 5) is 0. The molecule has 1 N–H and O–H groups in total. The van der Waals surface area contributed by atoms with Crippen molar-refractivity contribution in [3.63, 3.8) is 0 Å². The van der Waals surface area contributed by atoms with Crippen molar-refractivity contribution < 1.29 is 13.9 Å². The Morgan fingerprint density at radius 3 is 2.33 bits per heavy atom. The van der Waals surface area contributed by atoms with E-state index in [2.05, 4.69) is 13.0 Å². The maximum atomic E-state index is 13.5. The van der Waals surface area contributed by atoms with Crippen LogP contribution in [-0.2, 0) is 12.3 Å². The van der Waals surface area contributed by atoms with Gasteiger partial charge in [0.25, 0.3) is 5.92 Å². The molecular weight excluding hydrogens is 234 g/mol. The Balaban J connectivity index is 2.84. The zero-order valence-corrected chi connectivity index (χ0v) is 11.1. The van der Waals surface area contributed by atoms with Crippen molar-refractivity contribution >= 4 is 0 Å². The Labute approximate surface area is 107 Å². The first-order chi connectivity index (χ1) is 8.37. The molecule has 0 fully saturated rings. The maximum absolute atomic E-state index is 13.5. The average Bonchev–Trinajstić information content (AvgIpc) is 2.29. The van der Waals surface area contributed by atoms with Crippen LogP contribution in [0.3, 0.4) is 0 Å². The summed E-state index contributed by atoms with van der Waals surface area (Å²) in [6.07, 6.45) is 2.20. The van der Waals surface area contributed by atoms with Crippen LogP contribution >= 0.6 is 0 Å². The Morgan fingerprint density at radius 2 is 1.89 bits per heavy atom. The van der Waals surface area contributed by atoms with Crippen LogP contribution in [0.25, 0.3) is 0 Å². The fourth-order valence-corrected chi connectivity index (χ4v) is 1.83. The number of hydrogen-bond donors (Lipinski definition) is 1. The summed E-state index contributed by atoms with van der Waals surface area (Å²) in [5.41, 5.74) is 2.09. The van der Waals surface area contributed by atoms with Crippen LogP contribution < -0.4 is 0 Å². The molecule has 3 heteroatoms. The lowest BCUT2D eigenvalue weighted by Crippen LogP contribution is -2.27. The lowest BCUT2D eigenvalue weighted by atomic mass is 9.99. The van der Waals surface area contributed by atoms with E-state index < -0.39 is 12.0 Å². The Morgan fingerprint density at radius 1 is 1.33 bits per heavy atom. The van der Waals surface area contributed by atoms with E-state index in [0.29, 0.717) is 0 Å². The molecule has 0 saturated heterocycles. The zero-order chi connectivity index (χ0) is 13.8. The Kier molecular flexibility index (Phi) is 5.03. The number of alkyl halides is 2. The van der Waals surface area contributed by atoms with Crippen molar-refractivity contribution in [2.45, 2.75) is 45.6 Å². The van der Waals surface area contributed by atoms with Gasteiger partial charge < -0.3 is 5.11 Å². The molecule has 1 aromatic carbocycles. The van der Waals surface area contributed by atoms with Crippen molar-refractivity contribution in [2.24, 2.45) is 0 Å². The van der Waals surface area contributed by atoms with Gasteiger partial charge in [0.2, 0.25) is 0 Å². The normalized spacial score (nSPS) is 14.7. The predicted octanol–water partition coefficient (Wildman–Crippen LogP) is 4.06. The summed E-state index contributed by atoms with van der Waals surface area (Å²) in [5, 5.41) is 9.06. The van der Waals surface area contributed by atoms with Crippen molar-refractivity contribution in [3.8, 4) is 0 Å². The third kappa shape index (κ3) is 3.64. The second-order valence-corrected chi connectivity index (χ2v) is 4.63. The standard InChI is InChI=1S/C15H20F2O/c1-4-5-11(2)10-13-6-8-14(9-7-13)15(16,17)12(3)18/h5-9,12,18H,4,10H2,1-3H3/b11-5+. The smallest absolute Gasteiger partial charge is 0.298 e. The van der Waals surface area contributed by atoms with Gasteiger partial charge in [0, 0.05) is 5.56 Å². The topological polar surface area (TPSA) is 20.2 Å². The molecule has 1 unspecified atom stereocenters. The summed E-state index contributed by atoms with van der Waals surface area (Å²) < 4.78 is 27.1. The van der Waals surface area contributed by atoms with E-state index in [-0.39, 0.29) is 5.56 Å². The quantitative estimate of drug-likeness (QED) is 0.786. The molecule has 1 rings (SSSR count). The van der Waals surface area contributed by atoms with E-state index in [0.717, 1.165) is 25.3 Å². The predicted molar refractivity (Wildman–Crippen MR) is 69.8 cm³/mol. The van der Waals surface area contributed by atoms with Crippen LogP contribution in [0.2, 0.25) is 0 Å². The van der Waals surface area contributed by atoms with Gasteiger partial charge in [-0.15, -0.1) is 0 Å². The van der Waals surface area contributed by atoms with E-state index in [4.69, 9.17) is 5.11 Å². The van der Waals surface area contributed by atoms with E-state index >= 15 is 0 Å². The van der Waals surface area contributed by atoms with Crippen LogP contribution in [0, 0.1) is 0 Å². The molecule has 0 aliphatic rings. The van der Waals surface area contributed by atoms with Crippen molar-refractivity contribution in [1.82, 2.24) is 0 Å². The highest BCUT2D eigenvalue weighted by Gasteiger charge is 2.37. The molecule has 0 aliphatic carbocycles. The number of allylic oxidation sites excluding steroid dienone is 2. The first kappa shape index (κ1) is 14.8. The molecule has 0 saturated carbocycles. The minimum absolute atomic E-state index is 0.140. The molecule has 0 bridgehead atoms. The highest BCUT2D eigenvalue weighted by molar-refractivity contribution is 5.29. The monoisotopic (exact) mass is 254 g/mol. The van der Waals surface area contributed by atoms with E-state index in [1.54, 1.807) is 12.1 Å². The molecule has 1 aromatic rings. The molecule has 1 atom stereocenters. The van der Waals surface area contributed by atoms with Crippen LogP contribution in [-0.4, -0.2) is 11.2 Å². The number of rotatable bonds is 5. The summed E-state index contributed by atoms with van der Waals surface area (Å²) in [6, 6.07) is 6.17. The number of aliphatic hydroxyl groups excluding tert-OH is 1. The van der Waals surface area contributed by atoms with Crippen LogP contribution in [0.15, 0.2) is 35.9 Å². The highest BCUT2D eigenvalue weighted by Crippen LogP contribution is 2.31. The molecular formula is C15H20F2O. The fourth-order valence-electron chi connectivity index (χ4n) is 1.83. The summed E-state index contributed by atoms with van der Waals surface area (Å²) in [7, 11) is 0. The third-order valence-corrected chi connectivity index (χ3v) is 2.90. The third-order valence-electron chi connectivity index (χ3n) is 2.90. The van der Waals surface area contributed by atoms with E-state index in [9.17, 15) is 8.78 Å². The Bertz CT molecular complexity index is 405. The second kappa shape index (κ2) is 6.10. The molecule has 1 nitrogen and oxygen atoms in total. The maximum Gasteiger partial charge on any atom is 0.298 e. The number of hydrogen-bond acceptors (Lipinski definition) is 1. The van der Waals surface area contributed by atoms with E-state index in [1.807, 2.05) is 6.92 Å². The zero-order valence-electron chi connectivity index (χ0n) is 11.1. The van der Waals surface area contributed by atoms with Crippen LogP contribution in [0.4, 0.5) is 8.78 Å². The van der Waals surface area contributed by atoms with Gasteiger partial charge in [0.1, 0.15) is 6.10 Å². The van der Waals surface area contributed by atoms with Gasteiger partial charge in [-0.05, 0) is 32.3 Å². The van der Waals surface area contributed by atoms with Gasteiger partial charge in [0.15, 0.2) is 0 Å². The summed E-state index contributed by atoms with van der Waals surface area (Å²) in [6.45, 7) is 5.19. The molecule has 0 spiro atoms. The van der Waals surface area contributed by atoms with Gasteiger partial charge >= 0.3 is 0 Å². The minimum atomic E-state index is -3.19. The van der Waals surface area contributed by atoms with Gasteiger partial charge in [-0.2, -0.15) is 8.78 Å². The molecule has 0 heterocycles. The molecule has 18 heavy (non-hydrogen) atoms. The lowest BCUT2D eigenvalue weighted by Gasteiger charge is -2.19. The Hall–Kier alpha value is -1.22. The van der Waals surface area contributed by atoms with Gasteiger partial charge in [-0.25, -0.2) is 0 Å². The molecule has 0 amide bonds. The van der Waals surface area contributed by atoms with Crippen molar-refractivity contribution in [3.05, 3.63) is 47.0 Å². The molecule has 100 valence electrons. The number of benzene rings is 1. The van der Waals surface area contributed by atoms with E-state index in [1.165, 1.54) is 17.7 Å². The largest absolute Gasteiger partial charge is 0.387 e. The van der Waals surface area contributed by atoms with Crippen molar-refractivity contribution in [2.75, 3.05) is 0 Å². The van der Waals surface area contributed by atoms with Crippen molar-refractivity contribution in [1.29, 1.82) is 0 Å². The summed E-state index contributed by atoms with van der Waals surface area (Å²) >= 11 is 0. The fraction of sp³-hybridized carbons (Fsp3) is 0.467. The van der Waals surface area contributed by atoms with Crippen LogP contribution in [0.1, 0.15) is 38.3 Å². The van der Waals surface area contributed by atoms with Crippen LogP contribution in [0.5, 0.6) is 0 Å². The molecule has 0 aliphatic heterocycles. The van der Waals surface area contributed by atoms with Gasteiger partial charge in [-0.3, -0.25) is 0 Å². The van der Waals surface area contributed by atoms with Gasteiger partial charge in [0.05, 0.1) is 0 Å². The SMILES string of the molecule is CC/C=C(\C)Cc1ccc(C(F)(F)C(C)O)cc1. The highest BCUT2D eigenvalue weighted by atomic mass is 19.3. The average molecular weight is 254 g/mol. The molecule has 0 aromatic heterocycles. The van der Waals surface area contributed by atoms with Gasteiger partial charge in [-0.1, -0.05) is 42.8 Å². The first-order valence-corrected chi connectivity index (χ1v) is 6.18. The lowest BCUT2D eigenvalue weighted by molar-refractivity contribution is -0.106. The summed E-state index contributed by atoms with van der Waals surface area (Å²) in [5.74, 6) is -3.19. The number of aliphatic hydroxyl groups is 1. The second-order valence-electron chi connectivity index (χ2n) is 4.63. The minimum Gasteiger partial charge on any atom is -0.387 e. The number of halogens is 2.